The van der Waals surface area contributed by atoms with Crippen molar-refractivity contribution in [2.45, 2.75) is 63.5 Å². The molecule has 0 unspecified atom stereocenters. The predicted octanol–water partition coefficient (Wildman–Crippen LogP) is 3.76. The Morgan fingerprint density at radius 1 is 1.42 bits per heavy atom. The Labute approximate surface area is 148 Å². The number of hydrogen-bond donors (Lipinski definition) is 0. The number of aliphatic imine (C=N–C) groups is 1. The summed E-state index contributed by atoms with van der Waals surface area (Å²) in [5.74, 6) is 0.867. The summed E-state index contributed by atoms with van der Waals surface area (Å²) in [5.41, 5.74) is -0.468. The van der Waals surface area contributed by atoms with Gasteiger partial charge in [-0.3, -0.25) is 4.99 Å². The van der Waals surface area contributed by atoms with Gasteiger partial charge in [0.15, 0.2) is 0 Å². The molecule has 3 aliphatic rings. The van der Waals surface area contributed by atoms with Gasteiger partial charge in [-0.2, -0.15) is 0 Å². The largest absolute Gasteiger partial charge is 0.489 e. The fourth-order valence-corrected chi connectivity index (χ4v) is 4.09. The van der Waals surface area contributed by atoms with Crippen LogP contribution < -0.4 is 0 Å². The molecule has 2 aliphatic heterocycles. The molecule has 3 atom stereocenters. The van der Waals surface area contributed by atoms with Gasteiger partial charge in [-0.05, 0) is 52.7 Å². The van der Waals surface area contributed by atoms with Crippen molar-refractivity contribution in [2.75, 3.05) is 13.1 Å². The molecule has 132 valence electrons. The third-order valence-corrected chi connectivity index (χ3v) is 5.25. The van der Waals surface area contributed by atoms with Crippen molar-refractivity contribution >= 4 is 22.9 Å². The average molecular weight is 350 g/mol. The standard InChI is InChI=1S/C18H26N2O3S/c1-12-19-15-10-13(7-8-16(15)24-12)22-14-6-5-9-20(11-14)17(21)23-18(2,3)4/h7-8,10,14-16H,5-6,9,11H2,1-4H3/t14-,15+,16+/m0/s1. The van der Waals surface area contributed by atoms with Gasteiger partial charge in [-0.25, -0.2) is 4.79 Å². The molecular weight excluding hydrogens is 324 g/mol. The van der Waals surface area contributed by atoms with Crippen LogP contribution >= 0.6 is 11.8 Å². The molecule has 6 heteroatoms. The molecule has 1 aliphatic carbocycles. The Bertz CT molecular complexity index is 592. The Hall–Kier alpha value is -1.43. The molecule has 0 N–H and O–H groups in total. The smallest absolute Gasteiger partial charge is 0.410 e. The molecule has 1 fully saturated rings. The summed E-state index contributed by atoms with van der Waals surface area (Å²) in [5, 5.41) is 1.53. The fraction of sp³-hybridized carbons (Fsp3) is 0.667. The van der Waals surface area contributed by atoms with Crippen LogP contribution in [0.3, 0.4) is 0 Å². The minimum absolute atomic E-state index is 0.0119. The number of allylic oxidation sites excluding steroid dienone is 1. The van der Waals surface area contributed by atoms with E-state index in [2.05, 4.69) is 17.1 Å². The van der Waals surface area contributed by atoms with Gasteiger partial charge < -0.3 is 14.4 Å². The predicted molar refractivity (Wildman–Crippen MR) is 97.4 cm³/mol. The lowest BCUT2D eigenvalue weighted by atomic mass is 10.1. The van der Waals surface area contributed by atoms with E-state index in [1.165, 1.54) is 0 Å². The zero-order chi connectivity index (χ0) is 17.3. The van der Waals surface area contributed by atoms with E-state index in [0.717, 1.165) is 30.2 Å². The molecule has 5 nitrogen and oxygen atoms in total. The Morgan fingerprint density at radius 2 is 2.21 bits per heavy atom. The SMILES string of the molecule is CC1=N[C@@H]2C=C(O[C@H]3CCCN(C(=O)OC(C)(C)C)C3)C=C[C@H]2S1. The van der Waals surface area contributed by atoms with Gasteiger partial charge >= 0.3 is 6.09 Å². The molecule has 24 heavy (non-hydrogen) atoms. The van der Waals surface area contributed by atoms with Crippen LogP contribution in [-0.2, 0) is 9.47 Å². The monoisotopic (exact) mass is 350 g/mol. The van der Waals surface area contributed by atoms with E-state index >= 15 is 0 Å². The van der Waals surface area contributed by atoms with Crippen LogP contribution in [0.25, 0.3) is 0 Å². The maximum Gasteiger partial charge on any atom is 0.410 e. The molecular formula is C18H26N2O3S. The first kappa shape index (κ1) is 17.4. The van der Waals surface area contributed by atoms with E-state index in [9.17, 15) is 4.79 Å². The highest BCUT2D eigenvalue weighted by molar-refractivity contribution is 8.14. The van der Waals surface area contributed by atoms with Crippen LogP contribution in [0.1, 0.15) is 40.5 Å². The van der Waals surface area contributed by atoms with E-state index in [1.807, 2.05) is 33.8 Å². The molecule has 0 aromatic rings. The van der Waals surface area contributed by atoms with E-state index in [4.69, 9.17) is 9.47 Å². The van der Waals surface area contributed by atoms with Crippen molar-refractivity contribution < 1.29 is 14.3 Å². The van der Waals surface area contributed by atoms with Gasteiger partial charge in [0.1, 0.15) is 17.5 Å². The lowest BCUT2D eigenvalue weighted by Gasteiger charge is -2.34. The van der Waals surface area contributed by atoms with Crippen molar-refractivity contribution in [3.05, 3.63) is 24.0 Å². The molecule has 0 aromatic carbocycles. The number of likely N-dealkylation sites (tertiary alicyclic amines) is 1. The van der Waals surface area contributed by atoms with Crippen LogP contribution in [0.4, 0.5) is 4.79 Å². The van der Waals surface area contributed by atoms with Crippen molar-refractivity contribution in [1.29, 1.82) is 0 Å². The summed E-state index contributed by atoms with van der Waals surface area (Å²) in [6.45, 7) is 9.02. The normalized spacial score (nSPS) is 29.7. The average Bonchev–Trinajstić information content (AvgIpc) is 2.85. The van der Waals surface area contributed by atoms with Gasteiger partial charge in [0.2, 0.25) is 0 Å². The second-order valence-corrected chi connectivity index (χ2v) is 8.83. The summed E-state index contributed by atoms with van der Waals surface area (Å²) in [7, 11) is 0. The van der Waals surface area contributed by atoms with Gasteiger partial charge in [-0.1, -0.05) is 6.08 Å². The molecule has 1 amide bonds. The number of rotatable bonds is 2. The summed E-state index contributed by atoms with van der Waals surface area (Å²) in [6.07, 6.45) is 7.94. The minimum atomic E-state index is -0.468. The highest BCUT2D eigenvalue weighted by Gasteiger charge is 2.31. The van der Waals surface area contributed by atoms with Crippen molar-refractivity contribution in [3.8, 4) is 0 Å². The zero-order valence-corrected chi connectivity index (χ0v) is 15.6. The molecule has 0 aromatic heterocycles. The maximum atomic E-state index is 12.2. The number of amides is 1. The third-order valence-electron chi connectivity index (χ3n) is 4.09. The van der Waals surface area contributed by atoms with Gasteiger partial charge in [0, 0.05) is 6.54 Å². The van der Waals surface area contributed by atoms with Crippen LogP contribution in [0.15, 0.2) is 29.0 Å². The lowest BCUT2D eigenvalue weighted by molar-refractivity contribution is -0.00197. The quantitative estimate of drug-likeness (QED) is 0.761. The minimum Gasteiger partial charge on any atom is -0.489 e. The van der Waals surface area contributed by atoms with E-state index in [-0.39, 0.29) is 18.2 Å². The molecule has 0 spiro atoms. The first-order valence-corrected chi connectivity index (χ1v) is 9.44. The van der Waals surface area contributed by atoms with Crippen LogP contribution in [0.5, 0.6) is 0 Å². The lowest BCUT2D eigenvalue weighted by Crippen LogP contribution is -2.45. The fourth-order valence-electron chi connectivity index (χ4n) is 3.08. The number of fused-ring (bicyclic) bond motifs is 1. The van der Waals surface area contributed by atoms with E-state index in [0.29, 0.717) is 11.8 Å². The van der Waals surface area contributed by atoms with Crippen LogP contribution in [0, 0.1) is 0 Å². The number of thioether (sulfide) groups is 1. The summed E-state index contributed by atoms with van der Waals surface area (Å²) >= 11 is 1.80. The highest BCUT2D eigenvalue weighted by atomic mass is 32.2. The molecule has 0 saturated carbocycles. The van der Waals surface area contributed by atoms with Gasteiger partial charge in [-0.15, -0.1) is 11.8 Å². The maximum absolute atomic E-state index is 12.2. The van der Waals surface area contributed by atoms with Gasteiger partial charge in [0.25, 0.3) is 0 Å². The highest BCUT2D eigenvalue weighted by Crippen LogP contribution is 2.33. The Kier molecular flexibility index (Phi) is 4.95. The zero-order valence-electron chi connectivity index (χ0n) is 14.8. The third kappa shape index (κ3) is 4.35. The number of hydrogen-bond acceptors (Lipinski definition) is 5. The van der Waals surface area contributed by atoms with Crippen LogP contribution in [0.2, 0.25) is 0 Å². The molecule has 0 bridgehead atoms. The first-order valence-electron chi connectivity index (χ1n) is 8.56. The number of carbonyl (C=O) groups is 1. The summed E-state index contributed by atoms with van der Waals surface area (Å²) in [6, 6.07) is 0.181. The molecule has 1 saturated heterocycles. The van der Waals surface area contributed by atoms with Crippen molar-refractivity contribution in [1.82, 2.24) is 4.90 Å². The second kappa shape index (κ2) is 6.82. The summed E-state index contributed by atoms with van der Waals surface area (Å²) in [4.78, 5) is 18.6. The van der Waals surface area contributed by atoms with Gasteiger partial charge in [0.05, 0.1) is 22.9 Å². The topological polar surface area (TPSA) is 51.1 Å². The molecule has 2 heterocycles. The second-order valence-electron chi connectivity index (χ2n) is 7.46. The summed E-state index contributed by atoms with van der Waals surface area (Å²) < 4.78 is 11.6. The number of ether oxygens (including phenoxy) is 2. The van der Waals surface area contributed by atoms with Crippen molar-refractivity contribution in [2.24, 2.45) is 4.99 Å². The number of nitrogens with zero attached hydrogens (tertiary/aromatic N) is 2. The number of piperidine rings is 1. The van der Waals surface area contributed by atoms with Crippen LogP contribution in [-0.4, -0.2) is 52.1 Å². The van der Waals surface area contributed by atoms with E-state index in [1.54, 1.807) is 16.7 Å². The van der Waals surface area contributed by atoms with Crippen molar-refractivity contribution in [3.63, 3.8) is 0 Å². The Balaban J connectivity index is 1.57. The first-order chi connectivity index (χ1) is 11.3. The Morgan fingerprint density at radius 3 is 2.96 bits per heavy atom. The molecule has 3 rings (SSSR count). The van der Waals surface area contributed by atoms with E-state index < -0.39 is 5.60 Å². The molecule has 0 radical (unpaired) electrons. The number of carbonyl (C=O) groups excluding carboxylic acids is 1.